The zero-order valence-electron chi connectivity index (χ0n) is 11.4. The first-order valence-electron chi connectivity index (χ1n) is 6.16. The molecule has 1 atom stereocenters. The SMILES string of the molecule is C#CCN(CC(=O)O)C(=O)N1CCCC(C)(OC)C1. The van der Waals surface area contributed by atoms with Gasteiger partial charge in [0.1, 0.15) is 6.54 Å². The van der Waals surface area contributed by atoms with Crippen LogP contribution in [0.2, 0.25) is 0 Å². The summed E-state index contributed by atoms with van der Waals surface area (Å²) in [7, 11) is 1.62. The van der Waals surface area contributed by atoms with Gasteiger partial charge < -0.3 is 19.6 Å². The van der Waals surface area contributed by atoms with Crippen LogP contribution >= 0.6 is 0 Å². The van der Waals surface area contributed by atoms with E-state index in [1.165, 1.54) is 0 Å². The number of urea groups is 1. The van der Waals surface area contributed by atoms with Gasteiger partial charge in [0.2, 0.25) is 0 Å². The van der Waals surface area contributed by atoms with Crippen molar-refractivity contribution in [2.45, 2.75) is 25.4 Å². The highest BCUT2D eigenvalue weighted by molar-refractivity contribution is 5.80. The van der Waals surface area contributed by atoms with Crippen molar-refractivity contribution in [1.29, 1.82) is 0 Å². The second kappa shape index (κ2) is 6.43. The van der Waals surface area contributed by atoms with Gasteiger partial charge in [-0.1, -0.05) is 5.92 Å². The fourth-order valence-electron chi connectivity index (χ4n) is 2.20. The van der Waals surface area contributed by atoms with Crippen LogP contribution in [0.3, 0.4) is 0 Å². The fraction of sp³-hybridized carbons (Fsp3) is 0.692. The smallest absolute Gasteiger partial charge is 0.323 e. The minimum Gasteiger partial charge on any atom is -0.480 e. The van der Waals surface area contributed by atoms with Gasteiger partial charge in [0, 0.05) is 13.7 Å². The van der Waals surface area contributed by atoms with Gasteiger partial charge in [-0.25, -0.2) is 4.79 Å². The Hall–Kier alpha value is -1.74. The molecule has 0 aromatic carbocycles. The lowest BCUT2D eigenvalue weighted by atomic mass is 9.95. The zero-order valence-corrected chi connectivity index (χ0v) is 11.4. The van der Waals surface area contributed by atoms with Gasteiger partial charge in [0.05, 0.1) is 18.7 Å². The average Bonchev–Trinajstić information content (AvgIpc) is 2.37. The van der Waals surface area contributed by atoms with E-state index in [0.29, 0.717) is 13.1 Å². The molecule has 6 nitrogen and oxygen atoms in total. The number of piperidine rings is 1. The van der Waals surface area contributed by atoms with Gasteiger partial charge >= 0.3 is 12.0 Å². The summed E-state index contributed by atoms with van der Waals surface area (Å²) in [6.45, 7) is 2.59. The molecule has 0 aromatic rings. The average molecular weight is 268 g/mol. The molecule has 0 aromatic heterocycles. The van der Waals surface area contributed by atoms with E-state index in [4.69, 9.17) is 16.3 Å². The monoisotopic (exact) mass is 268 g/mol. The van der Waals surface area contributed by atoms with Crippen molar-refractivity contribution in [2.75, 3.05) is 33.3 Å². The van der Waals surface area contributed by atoms with Gasteiger partial charge in [0.15, 0.2) is 0 Å². The van der Waals surface area contributed by atoms with Crippen LogP contribution in [-0.4, -0.2) is 65.8 Å². The van der Waals surface area contributed by atoms with Gasteiger partial charge in [-0.05, 0) is 19.8 Å². The molecular formula is C13H20N2O4. The zero-order chi connectivity index (χ0) is 14.5. The van der Waals surface area contributed by atoms with Crippen LogP contribution in [0.5, 0.6) is 0 Å². The molecule has 1 rings (SSSR count). The summed E-state index contributed by atoms with van der Waals surface area (Å²) in [6, 6.07) is -0.344. The van der Waals surface area contributed by atoms with Gasteiger partial charge in [0.25, 0.3) is 0 Å². The Kier molecular flexibility index (Phi) is 5.19. The second-order valence-electron chi connectivity index (χ2n) is 4.92. The lowest BCUT2D eigenvalue weighted by Crippen LogP contribution is -2.54. The number of carbonyl (C=O) groups excluding carboxylic acids is 1. The molecule has 0 bridgehead atoms. The van der Waals surface area contributed by atoms with Crippen molar-refractivity contribution in [3.63, 3.8) is 0 Å². The van der Waals surface area contributed by atoms with Gasteiger partial charge in [-0.3, -0.25) is 4.79 Å². The normalized spacial score (nSPS) is 22.7. The van der Waals surface area contributed by atoms with Crippen LogP contribution in [0.15, 0.2) is 0 Å². The molecule has 0 spiro atoms. The maximum atomic E-state index is 12.3. The third-order valence-corrected chi connectivity index (χ3v) is 3.30. The lowest BCUT2D eigenvalue weighted by molar-refractivity contribution is -0.137. The number of likely N-dealkylation sites (tertiary alicyclic amines) is 1. The summed E-state index contributed by atoms with van der Waals surface area (Å²) in [5, 5.41) is 8.80. The largest absolute Gasteiger partial charge is 0.480 e. The number of nitrogens with zero attached hydrogens (tertiary/aromatic N) is 2. The van der Waals surface area contributed by atoms with Crippen molar-refractivity contribution in [3.05, 3.63) is 0 Å². The number of carbonyl (C=O) groups is 2. The number of hydrogen-bond acceptors (Lipinski definition) is 3. The molecule has 0 radical (unpaired) electrons. The van der Waals surface area contributed by atoms with Crippen LogP contribution in [0.4, 0.5) is 4.79 Å². The van der Waals surface area contributed by atoms with E-state index in [1.807, 2.05) is 6.92 Å². The predicted molar refractivity (Wildman–Crippen MR) is 69.7 cm³/mol. The van der Waals surface area contributed by atoms with Gasteiger partial charge in [-0.15, -0.1) is 6.42 Å². The number of ether oxygens (including phenoxy) is 1. The number of amides is 2. The van der Waals surface area contributed by atoms with E-state index in [0.717, 1.165) is 17.7 Å². The van der Waals surface area contributed by atoms with Gasteiger partial charge in [-0.2, -0.15) is 0 Å². The Labute approximate surface area is 113 Å². The van der Waals surface area contributed by atoms with Crippen molar-refractivity contribution in [1.82, 2.24) is 9.80 Å². The van der Waals surface area contributed by atoms with Crippen LogP contribution in [0.25, 0.3) is 0 Å². The van der Waals surface area contributed by atoms with Crippen molar-refractivity contribution >= 4 is 12.0 Å². The van der Waals surface area contributed by atoms with Crippen LogP contribution in [-0.2, 0) is 9.53 Å². The van der Waals surface area contributed by atoms with Crippen molar-refractivity contribution in [3.8, 4) is 12.3 Å². The molecule has 1 heterocycles. The van der Waals surface area contributed by atoms with Crippen molar-refractivity contribution < 1.29 is 19.4 Å². The summed E-state index contributed by atoms with van der Waals surface area (Å²) in [5.74, 6) is 1.24. The highest BCUT2D eigenvalue weighted by Crippen LogP contribution is 2.24. The molecule has 1 unspecified atom stereocenters. The molecule has 106 valence electrons. The van der Waals surface area contributed by atoms with E-state index in [1.54, 1.807) is 12.0 Å². The maximum absolute atomic E-state index is 12.3. The number of aliphatic carboxylic acids is 1. The minimum absolute atomic E-state index is 0.00860. The molecule has 0 aliphatic carbocycles. The first-order chi connectivity index (χ1) is 8.91. The Morgan fingerprint density at radius 1 is 1.58 bits per heavy atom. The van der Waals surface area contributed by atoms with E-state index in [2.05, 4.69) is 5.92 Å². The molecule has 1 aliphatic rings. The molecule has 19 heavy (non-hydrogen) atoms. The topological polar surface area (TPSA) is 70.1 Å². The summed E-state index contributed by atoms with van der Waals surface area (Å²) in [4.78, 5) is 25.8. The highest BCUT2D eigenvalue weighted by Gasteiger charge is 2.34. The molecule has 6 heteroatoms. The van der Waals surface area contributed by atoms with E-state index in [-0.39, 0.29) is 24.7 Å². The Morgan fingerprint density at radius 3 is 2.79 bits per heavy atom. The summed E-state index contributed by atoms with van der Waals surface area (Å²) in [5.41, 5.74) is -0.376. The molecule has 1 fully saturated rings. The fourth-order valence-corrected chi connectivity index (χ4v) is 2.20. The number of rotatable bonds is 4. The number of carboxylic acid groups (broad SMARTS) is 1. The molecule has 1 N–H and O–H groups in total. The Morgan fingerprint density at radius 2 is 2.26 bits per heavy atom. The maximum Gasteiger partial charge on any atom is 0.323 e. The first-order valence-corrected chi connectivity index (χ1v) is 6.16. The van der Waals surface area contributed by atoms with E-state index < -0.39 is 5.97 Å². The number of carboxylic acids is 1. The summed E-state index contributed by atoms with van der Waals surface area (Å²) >= 11 is 0. The van der Waals surface area contributed by atoms with E-state index >= 15 is 0 Å². The first kappa shape index (κ1) is 15.3. The van der Waals surface area contributed by atoms with Crippen molar-refractivity contribution in [2.24, 2.45) is 0 Å². The van der Waals surface area contributed by atoms with Crippen LogP contribution in [0, 0.1) is 12.3 Å². The predicted octanol–water partition coefficient (Wildman–Crippen LogP) is 0.627. The molecule has 1 aliphatic heterocycles. The Balaban J connectivity index is 2.73. The molecule has 1 saturated heterocycles. The second-order valence-corrected chi connectivity index (χ2v) is 4.92. The third-order valence-electron chi connectivity index (χ3n) is 3.30. The lowest BCUT2D eigenvalue weighted by Gasteiger charge is -2.40. The highest BCUT2D eigenvalue weighted by atomic mass is 16.5. The Bertz CT molecular complexity index is 391. The quantitative estimate of drug-likeness (QED) is 0.759. The third kappa shape index (κ3) is 4.14. The van der Waals surface area contributed by atoms with E-state index in [9.17, 15) is 9.59 Å². The van der Waals surface area contributed by atoms with Crippen LogP contribution in [0.1, 0.15) is 19.8 Å². The molecule has 0 saturated carbocycles. The minimum atomic E-state index is -1.07. The summed E-state index contributed by atoms with van der Waals surface area (Å²) in [6.07, 6.45) is 6.87. The standard InChI is InChI=1S/C13H20N2O4/c1-4-7-14(9-11(16)17)12(18)15-8-5-6-13(2,10-15)19-3/h1H,5-10H2,2-3H3,(H,16,17). The van der Waals surface area contributed by atoms with Crippen LogP contribution < -0.4 is 0 Å². The number of methoxy groups -OCH3 is 1. The molecular weight excluding hydrogens is 248 g/mol. The summed E-state index contributed by atoms with van der Waals surface area (Å²) < 4.78 is 5.41. The molecule has 2 amide bonds. The number of hydrogen-bond donors (Lipinski definition) is 1. The number of terminal acetylenes is 1.